The first-order valence-electron chi connectivity index (χ1n) is 11.6. The number of likely N-dealkylation sites (tertiary alicyclic amines) is 1. The summed E-state index contributed by atoms with van der Waals surface area (Å²) in [5.41, 5.74) is 0.773. The first-order chi connectivity index (χ1) is 15.6. The zero-order valence-electron chi connectivity index (χ0n) is 18.9. The van der Waals surface area contributed by atoms with E-state index in [1.807, 2.05) is 12.4 Å². The Labute approximate surface area is 188 Å². The largest absolute Gasteiger partial charge is 0.481 e. The van der Waals surface area contributed by atoms with Crippen molar-refractivity contribution in [1.82, 2.24) is 24.8 Å². The summed E-state index contributed by atoms with van der Waals surface area (Å²) < 4.78 is 10.6. The van der Waals surface area contributed by atoms with Crippen LogP contribution < -0.4 is 14.4 Å². The molecule has 2 saturated heterocycles. The summed E-state index contributed by atoms with van der Waals surface area (Å²) in [6, 6.07) is 0.241. The lowest BCUT2D eigenvalue weighted by Crippen LogP contribution is -2.35. The van der Waals surface area contributed by atoms with Gasteiger partial charge in [-0.25, -0.2) is 15.0 Å². The minimum Gasteiger partial charge on any atom is -0.481 e. The Hall–Kier alpha value is -2.52. The predicted octanol–water partition coefficient (Wildman–Crippen LogP) is 2.00. The third kappa shape index (κ3) is 3.88. The van der Waals surface area contributed by atoms with E-state index in [4.69, 9.17) is 9.47 Å². The van der Waals surface area contributed by atoms with E-state index in [-0.39, 0.29) is 11.9 Å². The number of nitrogens with zero attached hydrogens (tertiary/aromatic N) is 6. The third-order valence-corrected chi connectivity index (χ3v) is 7.34. The van der Waals surface area contributed by atoms with Crippen molar-refractivity contribution in [3.05, 3.63) is 29.7 Å². The van der Waals surface area contributed by atoms with Gasteiger partial charge < -0.3 is 19.5 Å². The van der Waals surface area contributed by atoms with Crippen LogP contribution >= 0.6 is 0 Å². The highest BCUT2D eigenvalue weighted by Crippen LogP contribution is 2.52. The van der Waals surface area contributed by atoms with Crippen LogP contribution in [-0.2, 0) is 12.1 Å². The van der Waals surface area contributed by atoms with Gasteiger partial charge in [0.05, 0.1) is 19.8 Å². The van der Waals surface area contributed by atoms with Gasteiger partial charge in [0, 0.05) is 62.8 Å². The smallest absolute Gasteiger partial charge is 0.319 e. The fourth-order valence-electron chi connectivity index (χ4n) is 5.70. The predicted molar refractivity (Wildman–Crippen MR) is 119 cm³/mol. The van der Waals surface area contributed by atoms with Crippen molar-refractivity contribution in [1.29, 1.82) is 0 Å². The van der Waals surface area contributed by atoms with Crippen molar-refractivity contribution < 1.29 is 14.6 Å². The summed E-state index contributed by atoms with van der Waals surface area (Å²) in [5.74, 6) is 1.77. The molecule has 32 heavy (non-hydrogen) atoms. The maximum Gasteiger partial charge on any atom is 0.319 e. The molecule has 1 aliphatic carbocycles. The molecule has 1 N–H and O–H groups in total. The van der Waals surface area contributed by atoms with E-state index in [0.29, 0.717) is 23.8 Å². The molecule has 4 heterocycles. The van der Waals surface area contributed by atoms with E-state index in [1.165, 1.54) is 26.4 Å². The van der Waals surface area contributed by atoms with Crippen molar-refractivity contribution in [2.75, 3.05) is 45.3 Å². The lowest BCUT2D eigenvalue weighted by molar-refractivity contribution is -0.00972. The van der Waals surface area contributed by atoms with Gasteiger partial charge in [-0.15, -0.1) is 0 Å². The van der Waals surface area contributed by atoms with E-state index < -0.39 is 5.60 Å². The topological polar surface area (TPSA) is 96.7 Å². The standard InChI is InChI=1S/C23H32N6O3/c1-31-20-18(12-26-22(27-20)32-2)23(30)7-6-17-14-28(15-19(17)23)13-16-10-24-21(25-11-16)29-8-4-3-5-9-29/h10-12,17,19,30H,3-9,13-15H2,1-2H3/t17-,19+,23+/m0/s1. The van der Waals surface area contributed by atoms with Gasteiger partial charge in [0.15, 0.2) is 0 Å². The van der Waals surface area contributed by atoms with E-state index in [1.54, 1.807) is 13.3 Å². The van der Waals surface area contributed by atoms with Crippen molar-refractivity contribution >= 4 is 5.95 Å². The van der Waals surface area contributed by atoms with Crippen LogP contribution in [0.5, 0.6) is 11.9 Å². The second-order valence-corrected chi connectivity index (χ2v) is 9.24. The maximum absolute atomic E-state index is 11.7. The molecule has 0 radical (unpaired) electrons. The molecule has 2 aromatic heterocycles. The number of methoxy groups -OCH3 is 2. The molecule has 2 aliphatic heterocycles. The van der Waals surface area contributed by atoms with Crippen molar-refractivity contribution in [2.45, 2.75) is 44.2 Å². The van der Waals surface area contributed by atoms with Gasteiger partial charge in [-0.3, -0.25) is 4.90 Å². The zero-order valence-corrected chi connectivity index (χ0v) is 18.9. The summed E-state index contributed by atoms with van der Waals surface area (Å²) >= 11 is 0. The van der Waals surface area contributed by atoms with E-state index in [0.717, 1.165) is 50.7 Å². The van der Waals surface area contributed by atoms with Crippen LogP contribution in [0.25, 0.3) is 0 Å². The second-order valence-electron chi connectivity index (χ2n) is 9.24. The van der Waals surface area contributed by atoms with Gasteiger partial charge in [0.25, 0.3) is 0 Å². The molecule has 0 aromatic carbocycles. The summed E-state index contributed by atoms with van der Waals surface area (Å²) in [6.07, 6.45) is 11.0. The second kappa shape index (κ2) is 8.78. The highest BCUT2D eigenvalue weighted by Gasteiger charge is 2.53. The molecule has 1 saturated carbocycles. The number of rotatable bonds is 6. The quantitative estimate of drug-likeness (QED) is 0.723. The molecule has 0 spiro atoms. The van der Waals surface area contributed by atoms with E-state index in [2.05, 4.69) is 29.7 Å². The van der Waals surface area contributed by atoms with Gasteiger partial charge in [0.2, 0.25) is 11.8 Å². The number of aliphatic hydroxyl groups is 1. The van der Waals surface area contributed by atoms with Crippen molar-refractivity contribution in [3.8, 4) is 11.9 Å². The molecule has 9 nitrogen and oxygen atoms in total. The first kappa shape index (κ1) is 21.3. The van der Waals surface area contributed by atoms with E-state index >= 15 is 0 Å². The molecule has 0 amide bonds. The van der Waals surface area contributed by atoms with Crippen molar-refractivity contribution in [3.63, 3.8) is 0 Å². The molecular formula is C23H32N6O3. The average molecular weight is 441 g/mol. The van der Waals surface area contributed by atoms with Gasteiger partial charge >= 0.3 is 6.01 Å². The summed E-state index contributed by atoms with van der Waals surface area (Å²) in [6.45, 7) is 4.65. The fraction of sp³-hybridized carbons (Fsp3) is 0.652. The van der Waals surface area contributed by atoms with Crippen LogP contribution in [0.1, 0.15) is 43.2 Å². The molecule has 0 bridgehead atoms. The van der Waals surface area contributed by atoms with Crippen LogP contribution in [0, 0.1) is 11.8 Å². The average Bonchev–Trinajstić information content (AvgIpc) is 3.39. The number of aromatic nitrogens is 4. The first-order valence-corrected chi connectivity index (χ1v) is 11.6. The Balaban J connectivity index is 1.27. The summed E-state index contributed by atoms with van der Waals surface area (Å²) in [4.78, 5) is 22.5. The molecule has 5 rings (SSSR count). The Morgan fingerprint density at radius 2 is 1.81 bits per heavy atom. The van der Waals surface area contributed by atoms with Gasteiger partial charge in [0.1, 0.15) is 5.60 Å². The van der Waals surface area contributed by atoms with Crippen LogP contribution in [0.2, 0.25) is 0 Å². The van der Waals surface area contributed by atoms with E-state index in [9.17, 15) is 5.11 Å². The minimum absolute atomic E-state index is 0.113. The van der Waals surface area contributed by atoms with Gasteiger partial charge in [-0.2, -0.15) is 4.98 Å². The van der Waals surface area contributed by atoms with Gasteiger partial charge in [-0.1, -0.05) is 0 Å². The number of hydrogen-bond donors (Lipinski definition) is 1. The number of ether oxygens (including phenoxy) is 2. The molecule has 3 aliphatic rings. The molecule has 3 atom stereocenters. The fourth-order valence-corrected chi connectivity index (χ4v) is 5.70. The lowest BCUT2D eigenvalue weighted by Gasteiger charge is -2.31. The Bertz CT molecular complexity index is 936. The monoisotopic (exact) mass is 440 g/mol. The molecule has 3 fully saturated rings. The maximum atomic E-state index is 11.7. The normalized spacial score (nSPS) is 28.0. The molecule has 9 heteroatoms. The summed E-state index contributed by atoms with van der Waals surface area (Å²) in [7, 11) is 3.09. The molecule has 172 valence electrons. The lowest BCUT2D eigenvalue weighted by atomic mass is 9.83. The highest BCUT2D eigenvalue weighted by molar-refractivity contribution is 5.34. The minimum atomic E-state index is -0.994. The zero-order chi connectivity index (χ0) is 22.1. The molecule has 2 aromatic rings. The Morgan fingerprint density at radius 3 is 2.53 bits per heavy atom. The number of fused-ring (bicyclic) bond motifs is 1. The van der Waals surface area contributed by atoms with Crippen LogP contribution in [-0.4, -0.2) is 70.3 Å². The number of hydrogen-bond acceptors (Lipinski definition) is 9. The van der Waals surface area contributed by atoms with Crippen LogP contribution in [0.3, 0.4) is 0 Å². The van der Waals surface area contributed by atoms with Crippen LogP contribution in [0.15, 0.2) is 18.6 Å². The third-order valence-electron chi connectivity index (χ3n) is 7.34. The SMILES string of the molecule is COc1ncc([C@]2(O)CC[C@H]3CN(Cc4cnc(N5CCCCC5)nc4)C[C@H]32)c(OC)n1. The van der Waals surface area contributed by atoms with Gasteiger partial charge in [-0.05, 0) is 38.0 Å². The summed E-state index contributed by atoms with van der Waals surface area (Å²) in [5, 5.41) is 11.7. The highest BCUT2D eigenvalue weighted by atomic mass is 16.5. The number of anilines is 1. The van der Waals surface area contributed by atoms with Crippen LogP contribution in [0.4, 0.5) is 5.95 Å². The Morgan fingerprint density at radius 1 is 1.03 bits per heavy atom. The Kier molecular flexibility index (Phi) is 5.86. The van der Waals surface area contributed by atoms with Crippen molar-refractivity contribution in [2.24, 2.45) is 11.8 Å². The number of piperidine rings is 1. The molecule has 0 unspecified atom stereocenters. The molecular weight excluding hydrogens is 408 g/mol.